The number of para-hydroxylation sites is 1. The van der Waals surface area contributed by atoms with E-state index in [1.165, 1.54) is 0 Å². The Kier molecular flexibility index (Phi) is 6.26. The van der Waals surface area contributed by atoms with Crippen molar-refractivity contribution in [3.05, 3.63) is 29.8 Å². The molecule has 1 aromatic carbocycles. The number of carbonyl (C=O) groups is 2. The lowest BCUT2D eigenvalue weighted by Gasteiger charge is -2.31. The second-order valence-electron chi connectivity index (χ2n) is 5.51. The van der Waals surface area contributed by atoms with Crippen molar-refractivity contribution < 1.29 is 19.1 Å². The third-order valence-electron chi connectivity index (χ3n) is 3.96. The molecule has 0 bridgehead atoms. The van der Waals surface area contributed by atoms with Gasteiger partial charge in [-0.05, 0) is 25.8 Å². The first-order chi connectivity index (χ1) is 11.2. The van der Waals surface area contributed by atoms with E-state index in [-0.39, 0.29) is 17.9 Å². The molecule has 1 saturated heterocycles. The van der Waals surface area contributed by atoms with Crippen LogP contribution in [0.3, 0.4) is 0 Å². The molecule has 1 aliphatic heterocycles. The van der Waals surface area contributed by atoms with Crippen molar-refractivity contribution in [2.24, 2.45) is 5.92 Å². The summed E-state index contributed by atoms with van der Waals surface area (Å²) in [4.78, 5) is 25.8. The number of amides is 2. The average Bonchev–Trinajstić information content (AvgIpc) is 2.60. The lowest BCUT2D eigenvalue weighted by Crippen LogP contribution is -2.45. The number of hydrogen-bond donors (Lipinski definition) is 1. The molecule has 1 unspecified atom stereocenters. The van der Waals surface area contributed by atoms with Gasteiger partial charge in [0.2, 0.25) is 5.91 Å². The fourth-order valence-electron chi connectivity index (χ4n) is 2.75. The van der Waals surface area contributed by atoms with Crippen LogP contribution in [0.5, 0.6) is 5.75 Å². The molecule has 6 nitrogen and oxygen atoms in total. The Hall–Kier alpha value is -2.24. The maximum Gasteiger partial charge on any atom is 0.409 e. The molecule has 2 rings (SSSR count). The first-order valence-electron chi connectivity index (χ1n) is 7.97. The van der Waals surface area contributed by atoms with Crippen LogP contribution < -0.4 is 10.1 Å². The summed E-state index contributed by atoms with van der Waals surface area (Å²) in [6.07, 6.45) is 1.26. The third kappa shape index (κ3) is 4.61. The van der Waals surface area contributed by atoms with Crippen LogP contribution in [0.4, 0.5) is 4.79 Å². The molecule has 0 aromatic heterocycles. The van der Waals surface area contributed by atoms with Gasteiger partial charge in [0.15, 0.2) is 0 Å². The zero-order chi connectivity index (χ0) is 16.7. The summed E-state index contributed by atoms with van der Waals surface area (Å²) in [5.74, 6) is 0.525. The monoisotopic (exact) mass is 320 g/mol. The van der Waals surface area contributed by atoms with Crippen molar-refractivity contribution >= 4 is 12.0 Å². The Bertz CT molecular complexity index is 547. The van der Waals surface area contributed by atoms with E-state index in [0.29, 0.717) is 26.2 Å². The zero-order valence-corrected chi connectivity index (χ0v) is 13.7. The standard InChI is InChI=1S/C17H24N2O4/c1-3-23-17(21)19-10-6-8-14(12-19)16(20)18-11-13-7-4-5-9-15(13)22-2/h4-5,7,9,14H,3,6,8,10-12H2,1-2H3,(H,18,20). The minimum Gasteiger partial charge on any atom is -0.496 e. The Morgan fingerprint density at radius 2 is 2.13 bits per heavy atom. The molecule has 23 heavy (non-hydrogen) atoms. The van der Waals surface area contributed by atoms with Gasteiger partial charge in [-0.15, -0.1) is 0 Å². The molecule has 1 fully saturated rings. The smallest absolute Gasteiger partial charge is 0.409 e. The Balaban J connectivity index is 1.89. The van der Waals surface area contributed by atoms with E-state index in [9.17, 15) is 9.59 Å². The normalized spacial score (nSPS) is 17.5. The molecule has 6 heteroatoms. The number of benzene rings is 1. The average molecular weight is 320 g/mol. The molecular weight excluding hydrogens is 296 g/mol. The molecule has 1 aromatic rings. The molecule has 0 radical (unpaired) electrons. The van der Waals surface area contributed by atoms with Crippen LogP contribution in [0.2, 0.25) is 0 Å². The van der Waals surface area contributed by atoms with Crippen molar-refractivity contribution in [3.8, 4) is 5.75 Å². The lowest BCUT2D eigenvalue weighted by molar-refractivity contribution is -0.126. The summed E-state index contributed by atoms with van der Waals surface area (Å²) in [6.45, 7) is 3.60. The van der Waals surface area contributed by atoms with Gasteiger partial charge in [-0.25, -0.2) is 4.79 Å². The van der Waals surface area contributed by atoms with Gasteiger partial charge in [0.05, 0.1) is 19.6 Å². The molecule has 0 spiro atoms. The van der Waals surface area contributed by atoms with Gasteiger partial charge >= 0.3 is 6.09 Å². The highest BCUT2D eigenvalue weighted by Gasteiger charge is 2.28. The van der Waals surface area contributed by atoms with Crippen molar-refractivity contribution in [2.45, 2.75) is 26.3 Å². The molecule has 1 heterocycles. The molecule has 1 N–H and O–H groups in total. The van der Waals surface area contributed by atoms with Gasteiger partial charge in [-0.1, -0.05) is 18.2 Å². The number of carbonyl (C=O) groups excluding carboxylic acids is 2. The Morgan fingerprint density at radius 1 is 1.35 bits per heavy atom. The van der Waals surface area contributed by atoms with Gasteiger partial charge in [0.1, 0.15) is 5.75 Å². The molecule has 0 aliphatic carbocycles. The first-order valence-corrected chi connectivity index (χ1v) is 7.97. The third-order valence-corrected chi connectivity index (χ3v) is 3.96. The highest BCUT2D eigenvalue weighted by molar-refractivity contribution is 5.80. The maximum atomic E-state index is 12.4. The van der Waals surface area contributed by atoms with Gasteiger partial charge in [-0.3, -0.25) is 4.79 Å². The van der Waals surface area contributed by atoms with Crippen molar-refractivity contribution in [1.82, 2.24) is 10.2 Å². The van der Waals surface area contributed by atoms with E-state index in [2.05, 4.69) is 5.32 Å². The number of rotatable bonds is 5. The first kappa shape index (κ1) is 17.1. The summed E-state index contributed by atoms with van der Waals surface area (Å²) < 4.78 is 10.3. The van der Waals surface area contributed by atoms with Crippen molar-refractivity contribution in [3.63, 3.8) is 0 Å². The summed E-state index contributed by atoms with van der Waals surface area (Å²) >= 11 is 0. The number of hydrogen-bond acceptors (Lipinski definition) is 4. The quantitative estimate of drug-likeness (QED) is 0.903. The molecule has 126 valence electrons. The molecule has 2 amide bonds. The van der Waals surface area contributed by atoms with Crippen LogP contribution in [0.15, 0.2) is 24.3 Å². The van der Waals surface area contributed by atoms with Crippen LogP contribution in [-0.4, -0.2) is 43.7 Å². The number of nitrogens with zero attached hydrogens (tertiary/aromatic N) is 1. The summed E-state index contributed by atoms with van der Waals surface area (Å²) in [5, 5.41) is 2.94. The van der Waals surface area contributed by atoms with Crippen LogP contribution >= 0.6 is 0 Å². The van der Waals surface area contributed by atoms with Crippen molar-refractivity contribution in [2.75, 3.05) is 26.8 Å². The molecule has 0 saturated carbocycles. The van der Waals surface area contributed by atoms with E-state index in [1.54, 1.807) is 18.9 Å². The number of ether oxygens (including phenoxy) is 2. The van der Waals surface area contributed by atoms with Gasteiger partial charge in [-0.2, -0.15) is 0 Å². The van der Waals surface area contributed by atoms with E-state index >= 15 is 0 Å². The highest BCUT2D eigenvalue weighted by Crippen LogP contribution is 2.19. The Morgan fingerprint density at radius 3 is 2.87 bits per heavy atom. The number of piperidine rings is 1. The minimum absolute atomic E-state index is 0.0371. The van der Waals surface area contributed by atoms with Crippen LogP contribution in [-0.2, 0) is 16.1 Å². The van der Waals surface area contributed by atoms with Crippen molar-refractivity contribution in [1.29, 1.82) is 0 Å². The zero-order valence-electron chi connectivity index (χ0n) is 13.7. The fraction of sp³-hybridized carbons (Fsp3) is 0.529. The lowest BCUT2D eigenvalue weighted by atomic mass is 9.97. The number of nitrogens with one attached hydrogen (secondary N) is 1. The van der Waals surface area contributed by atoms with Gasteiger partial charge in [0.25, 0.3) is 0 Å². The SMILES string of the molecule is CCOC(=O)N1CCCC(C(=O)NCc2ccccc2OC)C1. The van der Waals surface area contributed by atoms with Crippen LogP contribution in [0.1, 0.15) is 25.3 Å². The van der Waals surface area contributed by atoms with E-state index in [0.717, 1.165) is 24.2 Å². The molecule has 1 atom stereocenters. The Labute approximate surface area is 136 Å². The predicted molar refractivity (Wildman–Crippen MR) is 86.2 cm³/mol. The summed E-state index contributed by atoms with van der Waals surface area (Å²) in [6, 6.07) is 7.59. The fourth-order valence-corrected chi connectivity index (χ4v) is 2.75. The maximum absolute atomic E-state index is 12.4. The van der Waals surface area contributed by atoms with Crippen LogP contribution in [0, 0.1) is 5.92 Å². The van der Waals surface area contributed by atoms with Crippen LogP contribution in [0.25, 0.3) is 0 Å². The topological polar surface area (TPSA) is 67.9 Å². The van der Waals surface area contributed by atoms with E-state index in [4.69, 9.17) is 9.47 Å². The largest absolute Gasteiger partial charge is 0.496 e. The summed E-state index contributed by atoms with van der Waals surface area (Å²) in [5.41, 5.74) is 0.932. The molecule has 1 aliphatic rings. The minimum atomic E-state index is -0.338. The predicted octanol–water partition coefficient (Wildman–Crippen LogP) is 2.18. The summed E-state index contributed by atoms with van der Waals surface area (Å²) in [7, 11) is 1.61. The van der Waals surface area contributed by atoms with Gasteiger partial charge in [0, 0.05) is 25.2 Å². The number of methoxy groups -OCH3 is 1. The second kappa shape index (κ2) is 8.41. The second-order valence-corrected chi connectivity index (χ2v) is 5.51. The molecular formula is C17H24N2O4. The number of likely N-dealkylation sites (tertiary alicyclic amines) is 1. The highest BCUT2D eigenvalue weighted by atomic mass is 16.6. The van der Waals surface area contributed by atoms with Gasteiger partial charge < -0.3 is 19.7 Å². The van der Waals surface area contributed by atoms with E-state index in [1.807, 2.05) is 24.3 Å². The van der Waals surface area contributed by atoms with E-state index < -0.39 is 0 Å².